The van der Waals surface area contributed by atoms with Gasteiger partial charge in [0.25, 0.3) is 0 Å². The number of carbonyl (C=O) groups is 1. The Morgan fingerprint density at radius 3 is 2.93 bits per heavy atom. The van der Waals surface area contributed by atoms with Crippen LogP contribution in [0, 0.1) is 0 Å². The smallest absolute Gasteiger partial charge is 0.128 e. The third-order valence-electron chi connectivity index (χ3n) is 2.06. The zero-order valence-electron chi connectivity index (χ0n) is 7.53. The number of ether oxygens (including phenoxy) is 1. The summed E-state index contributed by atoms with van der Waals surface area (Å²) in [6.07, 6.45) is 0. The first-order valence-corrected chi connectivity index (χ1v) is 4.09. The van der Waals surface area contributed by atoms with E-state index in [0.29, 0.717) is 5.75 Å². The molecule has 0 aliphatic carbocycles. The molecule has 2 aromatic rings. The first-order chi connectivity index (χ1) is 6.72. The Bertz CT molecular complexity index is 487. The zero-order chi connectivity index (χ0) is 10.1. The molecule has 0 spiro atoms. The summed E-state index contributed by atoms with van der Waals surface area (Å²) in [6.45, 7) is 0. The second kappa shape index (κ2) is 3.06. The van der Waals surface area contributed by atoms with E-state index in [0.717, 1.165) is 10.9 Å². The van der Waals surface area contributed by atoms with Gasteiger partial charge >= 0.3 is 0 Å². The van der Waals surface area contributed by atoms with Crippen LogP contribution in [0.5, 0.6) is 5.75 Å². The highest BCUT2D eigenvalue weighted by atomic mass is 16.5. The Kier molecular flexibility index (Phi) is 1.89. The number of H-pyrrole nitrogens is 1. The zero-order valence-corrected chi connectivity index (χ0v) is 7.53. The average molecular weight is 190 g/mol. The van der Waals surface area contributed by atoms with Crippen molar-refractivity contribution in [3.05, 3.63) is 30.0 Å². The number of benzene rings is 1. The van der Waals surface area contributed by atoms with Gasteiger partial charge in [-0.1, -0.05) is 6.07 Å². The van der Waals surface area contributed by atoms with Gasteiger partial charge in [0.1, 0.15) is 5.75 Å². The van der Waals surface area contributed by atoms with E-state index >= 15 is 0 Å². The van der Waals surface area contributed by atoms with Crippen LogP contribution in [0.25, 0.3) is 10.9 Å². The number of aromatic amines is 1. The van der Waals surface area contributed by atoms with Gasteiger partial charge in [0.2, 0.25) is 0 Å². The number of aromatic nitrogens is 1. The number of carbonyl (C=O) groups excluding carboxylic acids is 1. The van der Waals surface area contributed by atoms with Crippen molar-refractivity contribution in [2.75, 3.05) is 7.11 Å². The number of fused-ring (bicyclic) bond motifs is 1. The first-order valence-electron chi connectivity index (χ1n) is 4.09. The molecule has 4 heteroatoms. The van der Waals surface area contributed by atoms with E-state index in [1.54, 1.807) is 25.3 Å². The Labute approximate surface area is 80.1 Å². The molecule has 14 heavy (non-hydrogen) atoms. The summed E-state index contributed by atoms with van der Waals surface area (Å²) in [5, 5.41) is 11.3. The maximum atomic E-state index is 10.6. The summed E-state index contributed by atoms with van der Waals surface area (Å²) in [6, 6.07) is 6.85. The van der Waals surface area contributed by atoms with Gasteiger partial charge in [0, 0.05) is 10.9 Å². The van der Waals surface area contributed by atoms with Crippen LogP contribution >= 0.6 is 0 Å². The molecule has 0 atom stereocenters. The highest BCUT2D eigenvalue weighted by molar-refractivity contribution is 5.95. The van der Waals surface area contributed by atoms with Crippen LogP contribution in [0.3, 0.4) is 0 Å². The summed E-state index contributed by atoms with van der Waals surface area (Å²) in [5.74, 6) is -0.575. The highest BCUT2D eigenvalue weighted by Crippen LogP contribution is 2.25. The van der Waals surface area contributed by atoms with Gasteiger partial charge in [-0.25, -0.2) is 0 Å². The predicted octanol–water partition coefficient (Wildman–Crippen LogP) is 0.540. The lowest BCUT2D eigenvalue weighted by Gasteiger charge is -1.99. The molecule has 0 saturated carbocycles. The number of carboxylic acids is 1. The summed E-state index contributed by atoms with van der Waals surface area (Å²) >= 11 is 0. The third kappa shape index (κ3) is 1.21. The van der Waals surface area contributed by atoms with Crippen molar-refractivity contribution in [3.63, 3.8) is 0 Å². The number of hydrogen-bond donors (Lipinski definition) is 1. The van der Waals surface area contributed by atoms with Gasteiger partial charge in [-0.15, -0.1) is 0 Å². The molecule has 0 bridgehead atoms. The van der Waals surface area contributed by atoms with Crippen molar-refractivity contribution in [3.8, 4) is 5.75 Å². The first kappa shape index (κ1) is 8.62. The second-order valence-corrected chi connectivity index (χ2v) is 2.89. The fourth-order valence-corrected chi connectivity index (χ4v) is 1.42. The number of aromatic carboxylic acids is 1. The third-order valence-corrected chi connectivity index (χ3v) is 2.06. The summed E-state index contributed by atoms with van der Waals surface area (Å²) in [7, 11) is 1.54. The molecule has 1 heterocycles. The minimum atomic E-state index is -1.22. The van der Waals surface area contributed by atoms with E-state index < -0.39 is 5.97 Å². The molecular weight excluding hydrogens is 182 g/mol. The number of hydrogen-bond acceptors (Lipinski definition) is 3. The van der Waals surface area contributed by atoms with Crippen LogP contribution < -0.4 is 9.84 Å². The molecule has 2 rings (SSSR count). The second-order valence-electron chi connectivity index (χ2n) is 2.89. The van der Waals surface area contributed by atoms with Crippen LogP contribution in [0.15, 0.2) is 24.3 Å². The van der Waals surface area contributed by atoms with E-state index in [4.69, 9.17) is 4.74 Å². The molecule has 4 nitrogen and oxygen atoms in total. The van der Waals surface area contributed by atoms with Gasteiger partial charge in [-0.2, -0.15) is 0 Å². The molecule has 0 aliphatic heterocycles. The fourth-order valence-electron chi connectivity index (χ4n) is 1.42. The van der Waals surface area contributed by atoms with Crippen molar-refractivity contribution in [2.45, 2.75) is 0 Å². The molecule has 1 aromatic carbocycles. The Morgan fingerprint density at radius 2 is 2.29 bits per heavy atom. The molecule has 0 amide bonds. The van der Waals surface area contributed by atoms with Crippen molar-refractivity contribution < 1.29 is 14.6 Å². The summed E-state index contributed by atoms with van der Waals surface area (Å²) in [5.41, 5.74) is 0.785. The van der Waals surface area contributed by atoms with Gasteiger partial charge < -0.3 is 19.6 Å². The van der Waals surface area contributed by atoms with E-state index in [2.05, 4.69) is 4.98 Å². The standard InChI is InChI=1S/C10H9NO3/c1-14-9-4-2-3-7-6(9)5-8(11-7)10(12)13/h2-5,11H,1H3,(H,12,13)/p-1. The minimum Gasteiger partial charge on any atom is -0.543 e. The normalized spacial score (nSPS) is 10.4. The lowest BCUT2D eigenvalue weighted by Crippen LogP contribution is -2.22. The van der Waals surface area contributed by atoms with Crippen LogP contribution in [0.4, 0.5) is 0 Å². The molecule has 72 valence electrons. The highest BCUT2D eigenvalue weighted by Gasteiger charge is 2.05. The summed E-state index contributed by atoms with van der Waals surface area (Å²) in [4.78, 5) is 13.3. The van der Waals surface area contributed by atoms with Crippen LogP contribution in [-0.4, -0.2) is 18.1 Å². The average Bonchev–Trinajstić information content (AvgIpc) is 2.60. The van der Waals surface area contributed by atoms with Gasteiger partial charge in [0.15, 0.2) is 0 Å². The van der Waals surface area contributed by atoms with E-state index in [9.17, 15) is 9.90 Å². The molecule has 0 saturated heterocycles. The Morgan fingerprint density at radius 1 is 1.50 bits per heavy atom. The maximum Gasteiger partial charge on any atom is 0.128 e. The number of nitrogens with one attached hydrogen (secondary N) is 1. The van der Waals surface area contributed by atoms with Crippen LogP contribution in [0.2, 0.25) is 0 Å². The van der Waals surface area contributed by atoms with Crippen molar-refractivity contribution in [2.24, 2.45) is 0 Å². The van der Waals surface area contributed by atoms with Gasteiger partial charge in [0.05, 0.1) is 18.8 Å². The SMILES string of the molecule is COc1cccc2[nH]c(C(=O)[O-])cc12. The Balaban J connectivity index is 2.70. The molecule has 1 aromatic heterocycles. The van der Waals surface area contributed by atoms with Crippen molar-refractivity contribution in [1.29, 1.82) is 0 Å². The van der Waals surface area contributed by atoms with Gasteiger partial charge in [-0.3, -0.25) is 0 Å². The lowest BCUT2D eigenvalue weighted by atomic mass is 10.2. The largest absolute Gasteiger partial charge is 0.543 e. The van der Waals surface area contributed by atoms with E-state index in [-0.39, 0.29) is 5.69 Å². The predicted molar refractivity (Wildman–Crippen MR) is 49.2 cm³/mol. The quantitative estimate of drug-likeness (QED) is 0.751. The molecule has 1 N–H and O–H groups in total. The van der Waals surface area contributed by atoms with Crippen molar-refractivity contribution >= 4 is 16.9 Å². The fraction of sp³-hybridized carbons (Fsp3) is 0.100. The molecule has 0 aliphatic rings. The molecule has 0 fully saturated rings. The van der Waals surface area contributed by atoms with Crippen molar-refractivity contribution in [1.82, 2.24) is 4.98 Å². The van der Waals surface area contributed by atoms with E-state index in [1.807, 2.05) is 0 Å². The lowest BCUT2D eigenvalue weighted by molar-refractivity contribution is -0.255. The number of rotatable bonds is 2. The topological polar surface area (TPSA) is 65.2 Å². The Hall–Kier alpha value is -1.97. The number of carboxylic acid groups (broad SMARTS) is 1. The van der Waals surface area contributed by atoms with Crippen LogP contribution in [-0.2, 0) is 0 Å². The minimum absolute atomic E-state index is 0.0597. The van der Waals surface area contributed by atoms with E-state index in [1.165, 1.54) is 6.07 Å². The maximum absolute atomic E-state index is 10.6. The number of methoxy groups -OCH3 is 1. The molecule has 0 radical (unpaired) electrons. The molecular formula is C10H8NO3-. The monoisotopic (exact) mass is 190 g/mol. The van der Waals surface area contributed by atoms with Gasteiger partial charge in [-0.05, 0) is 18.2 Å². The molecule has 0 unspecified atom stereocenters. The summed E-state index contributed by atoms with van der Waals surface area (Å²) < 4.78 is 5.09. The van der Waals surface area contributed by atoms with Crippen LogP contribution in [0.1, 0.15) is 10.5 Å².